The fourth-order valence-electron chi connectivity index (χ4n) is 1.62. The molecule has 4 nitrogen and oxygen atoms in total. The van der Waals surface area contributed by atoms with Gasteiger partial charge in [0.1, 0.15) is 0 Å². The smallest absolute Gasteiger partial charge is 0.263 e. The summed E-state index contributed by atoms with van der Waals surface area (Å²) in [6, 6.07) is 11.5. The molecule has 0 bridgehead atoms. The van der Waals surface area contributed by atoms with Crippen LogP contribution in [0.25, 0.3) is 0 Å². The summed E-state index contributed by atoms with van der Waals surface area (Å²) >= 11 is 0. The predicted molar refractivity (Wildman–Crippen MR) is 59.5 cm³/mol. The van der Waals surface area contributed by atoms with Crippen molar-refractivity contribution < 1.29 is 4.92 Å². The molecule has 0 unspecified atom stereocenters. The first-order valence-electron chi connectivity index (χ1n) is 4.87. The van der Waals surface area contributed by atoms with Crippen LogP contribution in [0.15, 0.2) is 54.9 Å². The van der Waals surface area contributed by atoms with Crippen molar-refractivity contribution in [1.82, 2.24) is 4.98 Å². The molecule has 0 fully saturated rings. The van der Waals surface area contributed by atoms with Crippen LogP contribution in [0.3, 0.4) is 0 Å². The summed E-state index contributed by atoms with van der Waals surface area (Å²) in [5.74, 6) is 0. The second-order valence-corrected chi connectivity index (χ2v) is 3.38. The highest BCUT2D eigenvalue weighted by Crippen LogP contribution is 2.24. The van der Waals surface area contributed by atoms with Gasteiger partial charge in [0.25, 0.3) is 6.04 Å². The highest BCUT2D eigenvalue weighted by molar-refractivity contribution is 5.28. The monoisotopic (exact) mass is 214 g/mol. The lowest BCUT2D eigenvalue weighted by Gasteiger charge is -2.09. The van der Waals surface area contributed by atoms with Gasteiger partial charge in [-0.15, -0.1) is 0 Å². The zero-order valence-electron chi connectivity index (χ0n) is 8.48. The van der Waals surface area contributed by atoms with Gasteiger partial charge in [0.05, 0.1) is 0 Å². The average Bonchev–Trinajstić information content (AvgIpc) is 2.31. The fraction of sp³-hybridized carbons (Fsp3) is 0.0833. The van der Waals surface area contributed by atoms with Crippen molar-refractivity contribution >= 4 is 0 Å². The molecule has 80 valence electrons. The van der Waals surface area contributed by atoms with Gasteiger partial charge in [0.2, 0.25) is 0 Å². The first-order chi connectivity index (χ1) is 7.79. The van der Waals surface area contributed by atoms with Gasteiger partial charge >= 0.3 is 0 Å². The van der Waals surface area contributed by atoms with Crippen LogP contribution in [0, 0.1) is 10.1 Å². The number of hydrogen-bond donors (Lipinski definition) is 0. The molecule has 16 heavy (non-hydrogen) atoms. The Labute approximate surface area is 92.7 Å². The lowest BCUT2D eigenvalue weighted by atomic mass is 10.0. The third kappa shape index (κ3) is 2.06. The van der Waals surface area contributed by atoms with Crippen molar-refractivity contribution in [2.45, 2.75) is 6.04 Å². The van der Waals surface area contributed by atoms with E-state index in [9.17, 15) is 10.1 Å². The van der Waals surface area contributed by atoms with Crippen LogP contribution in [0.4, 0.5) is 0 Å². The quantitative estimate of drug-likeness (QED) is 0.582. The standard InChI is InChI=1S/C12H10N2O2/c15-14(16)12(10-4-2-1-3-5-10)11-6-8-13-9-7-11/h1-9,12H/t12-/m1/s1. The lowest BCUT2D eigenvalue weighted by Crippen LogP contribution is -2.11. The molecule has 1 aromatic carbocycles. The molecule has 1 aromatic heterocycles. The van der Waals surface area contributed by atoms with E-state index in [1.54, 1.807) is 48.8 Å². The molecule has 0 N–H and O–H groups in total. The van der Waals surface area contributed by atoms with Crippen molar-refractivity contribution in [2.24, 2.45) is 0 Å². The number of hydrogen-bond acceptors (Lipinski definition) is 3. The minimum absolute atomic E-state index is 0.287. The van der Waals surface area contributed by atoms with E-state index in [2.05, 4.69) is 4.98 Å². The van der Waals surface area contributed by atoms with Crippen LogP contribution in [-0.4, -0.2) is 9.91 Å². The molecule has 0 spiro atoms. The molecule has 1 atom stereocenters. The number of pyridine rings is 1. The number of aromatic nitrogens is 1. The maximum absolute atomic E-state index is 11.1. The number of benzene rings is 1. The number of nitro groups is 1. The summed E-state index contributed by atoms with van der Waals surface area (Å²) in [5.41, 5.74) is 1.32. The third-order valence-corrected chi connectivity index (χ3v) is 2.35. The molecule has 4 heteroatoms. The van der Waals surface area contributed by atoms with Crippen LogP contribution in [-0.2, 0) is 0 Å². The summed E-state index contributed by atoms with van der Waals surface area (Å²) in [5, 5.41) is 11.1. The zero-order valence-corrected chi connectivity index (χ0v) is 8.48. The summed E-state index contributed by atoms with van der Waals surface area (Å²) in [7, 11) is 0. The van der Waals surface area contributed by atoms with Gasteiger partial charge in [-0.3, -0.25) is 15.1 Å². The highest BCUT2D eigenvalue weighted by atomic mass is 16.6. The molecular formula is C12H10N2O2. The third-order valence-electron chi connectivity index (χ3n) is 2.35. The predicted octanol–water partition coefficient (Wildman–Crippen LogP) is 2.45. The van der Waals surface area contributed by atoms with E-state index in [-0.39, 0.29) is 4.92 Å². The first-order valence-corrected chi connectivity index (χ1v) is 4.87. The summed E-state index contributed by atoms with van der Waals surface area (Å²) < 4.78 is 0. The Morgan fingerprint density at radius 2 is 1.56 bits per heavy atom. The molecule has 0 radical (unpaired) electrons. The van der Waals surface area contributed by atoms with Crippen LogP contribution in [0.2, 0.25) is 0 Å². The maximum atomic E-state index is 11.1. The second kappa shape index (κ2) is 4.53. The van der Waals surface area contributed by atoms with Crippen molar-refractivity contribution in [1.29, 1.82) is 0 Å². The average molecular weight is 214 g/mol. The Morgan fingerprint density at radius 3 is 2.12 bits per heavy atom. The number of nitrogens with zero attached hydrogens (tertiary/aromatic N) is 2. The molecule has 0 saturated heterocycles. The van der Waals surface area contributed by atoms with E-state index in [1.165, 1.54) is 0 Å². The van der Waals surface area contributed by atoms with Gasteiger partial charge in [-0.1, -0.05) is 30.3 Å². The van der Waals surface area contributed by atoms with Crippen molar-refractivity contribution in [2.75, 3.05) is 0 Å². The van der Waals surface area contributed by atoms with Crippen molar-refractivity contribution in [3.05, 3.63) is 76.1 Å². The Balaban J connectivity index is 2.44. The van der Waals surface area contributed by atoms with Crippen LogP contribution in [0.5, 0.6) is 0 Å². The Morgan fingerprint density at radius 1 is 1.00 bits per heavy atom. The topological polar surface area (TPSA) is 56.0 Å². The van der Waals surface area contributed by atoms with Crippen molar-refractivity contribution in [3.8, 4) is 0 Å². The molecule has 0 aliphatic carbocycles. The molecule has 0 aliphatic heterocycles. The summed E-state index contributed by atoms with van der Waals surface area (Å²) in [4.78, 5) is 14.7. The zero-order chi connectivity index (χ0) is 11.4. The molecule has 1 heterocycles. The molecule has 0 saturated carbocycles. The Hall–Kier alpha value is -2.23. The van der Waals surface area contributed by atoms with Gasteiger partial charge in [0.15, 0.2) is 0 Å². The van der Waals surface area contributed by atoms with Crippen LogP contribution < -0.4 is 0 Å². The Kier molecular flexibility index (Phi) is 2.91. The SMILES string of the molecule is O=[N+]([O-])[C@H](c1ccccc1)c1ccncc1. The van der Waals surface area contributed by atoms with Gasteiger partial charge in [-0.25, -0.2) is 0 Å². The van der Waals surface area contributed by atoms with E-state index < -0.39 is 6.04 Å². The normalized spacial score (nSPS) is 12.0. The molecule has 2 rings (SSSR count). The van der Waals surface area contributed by atoms with E-state index in [0.29, 0.717) is 11.1 Å². The molecule has 0 amide bonds. The van der Waals surface area contributed by atoms with Crippen LogP contribution >= 0.6 is 0 Å². The van der Waals surface area contributed by atoms with E-state index >= 15 is 0 Å². The minimum Gasteiger partial charge on any atom is -0.265 e. The first kappa shape index (κ1) is 10.3. The second-order valence-electron chi connectivity index (χ2n) is 3.38. The van der Waals surface area contributed by atoms with Gasteiger partial charge in [0, 0.05) is 28.4 Å². The molecular weight excluding hydrogens is 204 g/mol. The summed E-state index contributed by atoms with van der Waals surface area (Å²) in [6.45, 7) is 0. The van der Waals surface area contributed by atoms with E-state index in [4.69, 9.17) is 0 Å². The minimum atomic E-state index is -0.816. The van der Waals surface area contributed by atoms with E-state index in [1.807, 2.05) is 6.07 Å². The Bertz CT molecular complexity index is 431. The van der Waals surface area contributed by atoms with Crippen LogP contribution in [0.1, 0.15) is 17.2 Å². The van der Waals surface area contributed by atoms with Gasteiger partial charge in [-0.05, 0) is 12.1 Å². The fourth-order valence-corrected chi connectivity index (χ4v) is 1.62. The maximum Gasteiger partial charge on any atom is 0.263 e. The highest BCUT2D eigenvalue weighted by Gasteiger charge is 2.24. The van der Waals surface area contributed by atoms with Gasteiger partial charge < -0.3 is 0 Å². The lowest BCUT2D eigenvalue weighted by molar-refractivity contribution is -0.517. The number of rotatable bonds is 3. The molecule has 2 aromatic rings. The van der Waals surface area contributed by atoms with E-state index in [0.717, 1.165) is 0 Å². The van der Waals surface area contributed by atoms with Crippen molar-refractivity contribution in [3.63, 3.8) is 0 Å². The van der Waals surface area contributed by atoms with Gasteiger partial charge in [-0.2, -0.15) is 0 Å². The largest absolute Gasteiger partial charge is 0.265 e. The summed E-state index contributed by atoms with van der Waals surface area (Å²) in [6.07, 6.45) is 3.13. The molecule has 0 aliphatic rings.